The highest BCUT2D eigenvalue weighted by Crippen LogP contribution is 2.30. The Bertz CT molecular complexity index is 878. The average Bonchev–Trinajstić information content (AvgIpc) is 2.71. The van der Waals surface area contributed by atoms with Crippen molar-refractivity contribution in [1.29, 1.82) is 0 Å². The molecule has 0 bridgehead atoms. The number of halogens is 1. The van der Waals surface area contributed by atoms with Crippen molar-refractivity contribution < 1.29 is 4.74 Å². The van der Waals surface area contributed by atoms with Gasteiger partial charge in [0.05, 0.1) is 23.5 Å². The monoisotopic (exact) mass is 419 g/mol. The summed E-state index contributed by atoms with van der Waals surface area (Å²) in [6.45, 7) is 10.4. The molecular weight excluding hydrogens is 390 g/mol. The number of nitrogens with one attached hydrogen (secondary N) is 1. The minimum Gasteiger partial charge on any atom is -0.492 e. The third-order valence-electron chi connectivity index (χ3n) is 5.17. The predicted molar refractivity (Wildman–Crippen MR) is 119 cm³/mol. The first kappa shape index (κ1) is 21.5. The summed E-state index contributed by atoms with van der Waals surface area (Å²) in [4.78, 5) is 16.9. The summed E-state index contributed by atoms with van der Waals surface area (Å²) >= 11 is 6.08. The van der Waals surface area contributed by atoms with Gasteiger partial charge >= 0.3 is 0 Å². The van der Waals surface area contributed by atoms with Crippen molar-refractivity contribution in [1.82, 2.24) is 14.7 Å². The second kappa shape index (κ2) is 9.98. The van der Waals surface area contributed by atoms with Crippen LogP contribution in [0.1, 0.15) is 18.9 Å². The van der Waals surface area contributed by atoms with Gasteiger partial charge in [-0.05, 0) is 44.5 Å². The van der Waals surface area contributed by atoms with Gasteiger partial charge in [0.15, 0.2) is 0 Å². The van der Waals surface area contributed by atoms with Crippen LogP contribution in [0.25, 0.3) is 0 Å². The number of hydrogen-bond donors (Lipinski definition) is 1. The fourth-order valence-electron chi connectivity index (χ4n) is 3.56. The predicted octanol–water partition coefficient (Wildman–Crippen LogP) is 2.77. The number of anilines is 2. The van der Waals surface area contributed by atoms with Crippen molar-refractivity contribution in [3.8, 4) is 5.75 Å². The van der Waals surface area contributed by atoms with Crippen LogP contribution < -0.4 is 20.5 Å². The molecule has 1 aliphatic rings. The average molecular weight is 420 g/mol. The van der Waals surface area contributed by atoms with Gasteiger partial charge in [-0.3, -0.25) is 9.69 Å². The Balaban J connectivity index is 1.46. The fourth-order valence-corrected chi connectivity index (χ4v) is 3.75. The van der Waals surface area contributed by atoms with E-state index < -0.39 is 0 Å². The van der Waals surface area contributed by atoms with Gasteiger partial charge in [0.25, 0.3) is 5.56 Å². The van der Waals surface area contributed by atoms with Crippen LogP contribution >= 0.6 is 11.6 Å². The minimum atomic E-state index is -0.200. The number of benzene rings is 1. The van der Waals surface area contributed by atoms with Gasteiger partial charge in [0.2, 0.25) is 0 Å². The minimum absolute atomic E-state index is 0.200. The lowest BCUT2D eigenvalue weighted by Crippen LogP contribution is -2.47. The maximum absolute atomic E-state index is 12.1. The summed E-state index contributed by atoms with van der Waals surface area (Å²) in [6, 6.07) is 6.43. The molecule has 1 N–H and O–H groups in total. The molecule has 0 amide bonds. The Labute approximate surface area is 177 Å². The highest BCUT2D eigenvalue weighted by atomic mass is 35.5. The van der Waals surface area contributed by atoms with Crippen LogP contribution in [0.2, 0.25) is 5.02 Å². The standard InChI is InChI=1S/C21H30ClN5O2/c1-4-29-19-14-16(2)6-7-18(19)27-12-10-26(11-13-27)9-5-8-23-20-17(22)15-24-25(3)21(20)28/h6-7,14-15,23H,4-5,8-13H2,1-3H3. The summed E-state index contributed by atoms with van der Waals surface area (Å²) in [7, 11) is 1.62. The maximum atomic E-state index is 12.1. The zero-order valence-corrected chi connectivity index (χ0v) is 18.2. The highest BCUT2D eigenvalue weighted by molar-refractivity contribution is 6.32. The van der Waals surface area contributed by atoms with E-state index in [-0.39, 0.29) is 5.56 Å². The van der Waals surface area contributed by atoms with Gasteiger partial charge < -0.3 is 15.0 Å². The van der Waals surface area contributed by atoms with Crippen molar-refractivity contribution in [2.75, 3.05) is 56.1 Å². The first-order chi connectivity index (χ1) is 14.0. The van der Waals surface area contributed by atoms with Crippen LogP contribution in [0.5, 0.6) is 5.75 Å². The van der Waals surface area contributed by atoms with E-state index in [1.165, 1.54) is 22.1 Å². The van der Waals surface area contributed by atoms with Crippen molar-refractivity contribution >= 4 is 23.0 Å². The third kappa shape index (κ3) is 5.42. The van der Waals surface area contributed by atoms with Crippen LogP contribution in [-0.4, -0.2) is 60.6 Å². The molecule has 29 heavy (non-hydrogen) atoms. The van der Waals surface area contributed by atoms with Crippen LogP contribution in [0.15, 0.2) is 29.2 Å². The second-order valence-corrected chi connectivity index (χ2v) is 7.72. The van der Waals surface area contributed by atoms with E-state index in [0.717, 1.165) is 44.9 Å². The number of aromatic nitrogens is 2. The third-order valence-corrected chi connectivity index (χ3v) is 5.46. The first-order valence-electron chi connectivity index (χ1n) is 10.2. The van der Waals surface area contributed by atoms with Crippen LogP contribution in [0, 0.1) is 6.92 Å². The molecule has 1 saturated heterocycles. The van der Waals surface area contributed by atoms with Crippen molar-refractivity contribution in [3.63, 3.8) is 0 Å². The zero-order chi connectivity index (χ0) is 20.8. The Morgan fingerprint density at radius 2 is 2.00 bits per heavy atom. The van der Waals surface area contributed by atoms with Crippen molar-refractivity contribution in [3.05, 3.63) is 45.3 Å². The normalized spacial score (nSPS) is 14.8. The zero-order valence-electron chi connectivity index (χ0n) is 17.4. The molecule has 0 unspecified atom stereocenters. The van der Waals surface area contributed by atoms with Gasteiger partial charge in [0.1, 0.15) is 11.4 Å². The molecule has 0 aliphatic carbocycles. The quantitative estimate of drug-likeness (QED) is 0.664. The Kier molecular flexibility index (Phi) is 7.39. The molecule has 0 radical (unpaired) electrons. The fraction of sp³-hybridized carbons (Fsp3) is 0.524. The van der Waals surface area contributed by atoms with Gasteiger partial charge in [-0.1, -0.05) is 17.7 Å². The van der Waals surface area contributed by atoms with Gasteiger partial charge in [-0.25, -0.2) is 4.68 Å². The van der Waals surface area contributed by atoms with E-state index in [1.54, 1.807) is 7.05 Å². The molecule has 158 valence electrons. The Morgan fingerprint density at radius 3 is 2.72 bits per heavy atom. The number of nitrogens with zero attached hydrogens (tertiary/aromatic N) is 4. The summed E-state index contributed by atoms with van der Waals surface area (Å²) in [5, 5.41) is 7.44. The lowest BCUT2D eigenvalue weighted by molar-refractivity contribution is 0.256. The summed E-state index contributed by atoms with van der Waals surface area (Å²) in [6.07, 6.45) is 2.43. The van der Waals surface area contributed by atoms with Gasteiger partial charge in [0, 0.05) is 39.8 Å². The summed E-state index contributed by atoms with van der Waals surface area (Å²) in [5.41, 5.74) is 2.63. The van der Waals surface area contributed by atoms with Crippen LogP contribution in [0.3, 0.4) is 0 Å². The molecule has 2 heterocycles. The largest absolute Gasteiger partial charge is 0.492 e. The van der Waals surface area contributed by atoms with Crippen molar-refractivity contribution in [2.45, 2.75) is 20.3 Å². The molecule has 0 atom stereocenters. The van der Waals surface area contributed by atoms with E-state index >= 15 is 0 Å². The first-order valence-corrected chi connectivity index (χ1v) is 10.5. The molecule has 3 rings (SSSR count). The molecule has 1 fully saturated rings. The molecular formula is C21H30ClN5O2. The number of piperazine rings is 1. The van der Waals surface area contributed by atoms with E-state index in [1.807, 2.05) is 6.92 Å². The lowest BCUT2D eigenvalue weighted by Gasteiger charge is -2.36. The van der Waals surface area contributed by atoms with Gasteiger partial charge in [-0.15, -0.1) is 0 Å². The van der Waals surface area contributed by atoms with E-state index in [4.69, 9.17) is 16.3 Å². The van der Waals surface area contributed by atoms with E-state index in [0.29, 0.717) is 23.9 Å². The summed E-state index contributed by atoms with van der Waals surface area (Å²) < 4.78 is 7.13. The molecule has 0 spiro atoms. The molecule has 1 aromatic heterocycles. The molecule has 7 nitrogen and oxygen atoms in total. The summed E-state index contributed by atoms with van der Waals surface area (Å²) in [5.74, 6) is 0.973. The number of aryl methyl sites for hydroxylation is 2. The maximum Gasteiger partial charge on any atom is 0.291 e. The second-order valence-electron chi connectivity index (χ2n) is 7.31. The molecule has 0 saturated carbocycles. The van der Waals surface area contributed by atoms with Crippen LogP contribution in [-0.2, 0) is 7.05 Å². The molecule has 2 aromatic rings. The molecule has 1 aromatic carbocycles. The number of ether oxygens (including phenoxy) is 1. The lowest BCUT2D eigenvalue weighted by atomic mass is 10.1. The van der Waals surface area contributed by atoms with Gasteiger partial charge in [-0.2, -0.15) is 5.10 Å². The highest BCUT2D eigenvalue weighted by Gasteiger charge is 2.19. The number of rotatable bonds is 8. The van der Waals surface area contributed by atoms with E-state index in [2.05, 4.69) is 45.3 Å². The van der Waals surface area contributed by atoms with E-state index in [9.17, 15) is 4.79 Å². The molecule has 8 heteroatoms. The number of hydrogen-bond acceptors (Lipinski definition) is 6. The Hall–Kier alpha value is -2.25. The SMILES string of the molecule is CCOc1cc(C)ccc1N1CCN(CCCNc2c(Cl)cnn(C)c2=O)CC1. The smallest absolute Gasteiger partial charge is 0.291 e. The Morgan fingerprint density at radius 1 is 1.24 bits per heavy atom. The van der Waals surface area contributed by atoms with Crippen molar-refractivity contribution in [2.24, 2.45) is 7.05 Å². The topological polar surface area (TPSA) is 62.6 Å². The molecule has 1 aliphatic heterocycles. The van der Waals surface area contributed by atoms with Crippen LogP contribution in [0.4, 0.5) is 11.4 Å².